The van der Waals surface area contributed by atoms with E-state index in [1.165, 1.54) is 4.90 Å². The fourth-order valence-electron chi connectivity index (χ4n) is 2.08. The van der Waals surface area contributed by atoms with Gasteiger partial charge in [0.05, 0.1) is 12.2 Å². The summed E-state index contributed by atoms with van der Waals surface area (Å²) in [6.45, 7) is 3.48. The molecule has 1 aromatic heterocycles. The number of hydrogen-bond acceptors (Lipinski definition) is 3. The number of hydrogen-bond donors (Lipinski definition) is 1. The molecule has 1 aromatic rings. The zero-order valence-corrected chi connectivity index (χ0v) is 12.0. The molecule has 1 N–H and O–H groups in total. The van der Waals surface area contributed by atoms with E-state index < -0.39 is 5.97 Å². The van der Waals surface area contributed by atoms with Crippen molar-refractivity contribution in [1.82, 2.24) is 14.7 Å². The highest BCUT2D eigenvalue weighted by molar-refractivity contribution is 5.81. The summed E-state index contributed by atoms with van der Waals surface area (Å²) in [5.74, 6) is 0.981. The topological polar surface area (TPSA) is 75.4 Å². The van der Waals surface area contributed by atoms with Crippen molar-refractivity contribution in [3.63, 3.8) is 0 Å². The highest BCUT2D eigenvalue weighted by atomic mass is 16.4. The van der Waals surface area contributed by atoms with Gasteiger partial charge >= 0.3 is 5.97 Å². The van der Waals surface area contributed by atoms with E-state index in [9.17, 15) is 9.59 Å². The normalized spacial score (nSPS) is 10.1. The largest absolute Gasteiger partial charge is 0.480 e. The predicted molar refractivity (Wildman–Crippen MR) is 74.1 cm³/mol. The molecule has 0 aromatic carbocycles. The second-order valence-corrected chi connectivity index (χ2v) is 4.62. The molecule has 0 spiro atoms. The van der Waals surface area contributed by atoms with E-state index >= 15 is 0 Å². The van der Waals surface area contributed by atoms with Gasteiger partial charge in [-0.1, -0.05) is 5.92 Å². The first-order chi connectivity index (χ1) is 9.36. The lowest BCUT2D eigenvalue weighted by Gasteiger charge is -2.17. The Balaban J connectivity index is 2.70. The van der Waals surface area contributed by atoms with Crippen LogP contribution in [0.1, 0.15) is 23.4 Å². The molecular formula is C14H19N3O3. The van der Waals surface area contributed by atoms with E-state index in [2.05, 4.69) is 11.0 Å². The number of terminal acetylenes is 1. The number of carbonyl (C=O) groups is 2. The van der Waals surface area contributed by atoms with Crippen molar-refractivity contribution in [1.29, 1.82) is 0 Å². The molecule has 0 saturated carbocycles. The quantitative estimate of drug-likeness (QED) is 0.769. The second kappa shape index (κ2) is 6.75. The standard InChI is InChI=1S/C14H19N3O3/c1-5-8-17(9-14(19)20)13(18)7-6-12-10(2)15-16(4)11(12)3/h1H,6-9H2,2-4H3,(H,19,20). The number of carboxylic acid groups (broad SMARTS) is 1. The van der Waals surface area contributed by atoms with Crippen LogP contribution >= 0.6 is 0 Å². The van der Waals surface area contributed by atoms with E-state index in [-0.39, 0.29) is 25.4 Å². The maximum absolute atomic E-state index is 12.0. The number of nitrogens with zero attached hydrogens (tertiary/aromatic N) is 3. The average Bonchev–Trinajstić information content (AvgIpc) is 2.60. The van der Waals surface area contributed by atoms with Crippen molar-refractivity contribution in [3.05, 3.63) is 17.0 Å². The molecule has 1 rings (SSSR count). The Morgan fingerprint density at radius 3 is 2.55 bits per heavy atom. The summed E-state index contributed by atoms with van der Waals surface area (Å²) in [5.41, 5.74) is 2.92. The lowest BCUT2D eigenvalue weighted by atomic mass is 10.1. The summed E-state index contributed by atoms with van der Waals surface area (Å²) in [5, 5.41) is 13.0. The van der Waals surface area contributed by atoms with E-state index in [4.69, 9.17) is 11.5 Å². The Morgan fingerprint density at radius 1 is 1.45 bits per heavy atom. The van der Waals surface area contributed by atoms with Crippen LogP contribution in [0.3, 0.4) is 0 Å². The van der Waals surface area contributed by atoms with Gasteiger partial charge in [-0.05, 0) is 25.8 Å². The lowest BCUT2D eigenvalue weighted by molar-refractivity contribution is -0.144. The molecule has 0 radical (unpaired) electrons. The summed E-state index contributed by atoms with van der Waals surface area (Å²) in [6.07, 6.45) is 5.91. The molecule has 0 fully saturated rings. The molecule has 0 aliphatic rings. The number of aromatic nitrogens is 2. The maximum Gasteiger partial charge on any atom is 0.323 e. The van der Waals surface area contributed by atoms with Gasteiger partial charge in [0.25, 0.3) is 0 Å². The molecular weight excluding hydrogens is 258 g/mol. The van der Waals surface area contributed by atoms with Crippen LogP contribution in [0.5, 0.6) is 0 Å². The van der Waals surface area contributed by atoms with Gasteiger partial charge in [-0.15, -0.1) is 6.42 Å². The summed E-state index contributed by atoms with van der Waals surface area (Å²) in [6, 6.07) is 0. The van der Waals surface area contributed by atoms with Crippen LogP contribution in [0.2, 0.25) is 0 Å². The molecule has 108 valence electrons. The van der Waals surface area contributed by atoms with Gasteiger partial charge in [0.1, 0.15) is 6.54 Å². The van der Waals surface area contributed by atoms with E-state index in [1.807, 2.05) is 20.9 Å². The van der Waals surface area contributed by atoms with Crippen molar-refractivity contribution in [2.75, 3.05) is 13.1 Å². The minimum atomic E-state index is -1.07. The van der Waals surface area contributed by atoms with Crippen molar-refractivity contribution in [2.45, 2.75) is 26.7 Å². The van der Waals surface area contributed by atoms with Crippen molar-refractivity contribution < 1.29 is 14.7 Å². The molecule has 0 aliphatic heterocycles. The Kier molecular flexibility index (Phi) is 5.32. The first-order valence-electron chi connectivity index (χ1n) is 6.29. The average molecular weight is 277 g/mol. The van der Waals surface area contributed by atoms with Crippen LogP contribution in [0, 0.1) is 26.2 Å². The first-order valence-corrected chi connectivity index (χ1v) is 6.29. The zero-order chi connectivity index (χ0) is 15.3. The van der Waals surface area contributed by atoms with E-state index in [0.717, 1.165) is 17.0 Å². The number of amides is 1. The highest BCUT2D eigenvalue weighted by Gasteiger charge is 2.17. The number of aryl methyl sites for hydroxylation is 2. The molecule has 0 atom stereocenters. The molecule has 6 heteroatoms. The first kappa shape index (κ1) is 15.8. The van der Waals surface area contributed by atoms with Gasteiger partial charge < -0.3 is 10.0 Å². The number of aliphatic carboxylic acids is 1. The highest BCUT2D eigenvalue weighted by Crippen LogP contribution is 2.14. The third kappa shape index (κ3) is 3.85. The molecule has 1 amide bonds. The van der Waals surface area contributed by atoms with Gasteiger partial charge in [0.2, 0.25) is 5.91 Å². The summed E-state index contributed by atoms with van der Waals surface area (Å²) >= 11 is 0. The van der Waals surface area contributed by atoms with Gasteiger partial charge in [0.15, 0.2) is 0 Å². The summed E-state index contributed by atoms with van der Waals surface area (Å²) in [4.78, 5) is 23.9. The van der Waals surface area contributed by atoms with Crippen molar-refractivity contribution in [3.8, 4) is 12.3 Å². The van der Waals surface area contributed by atoms with Crippen LogP contribution in [0.15, 0.2) is 0 Å². The summed E-state index contributed by atoms with van der Waals surface area (Å²) < 4.78 is 1.77. The number of rotatable bonds is 6. The molecule has 0 aliphatic carbocycles. The summed E-state index contributed by atoms with van der Waals surface area (Å²) in [7, 11) is 1.85. The van der Waals surface area contributed by atoms with Crippen LogP contribution in [-0.4, -0.2) is 44.8 Å². The third-order valence-electron chi connectivity index (χ3n) is 3.21. The van der Waals surface area contributed by atoms with Gasteiger partial charge in [-0.3, -0.25) is 14.3 Å². The Labute approximate surface area is 118 Å². The molecule has 0 bridgehead atoms. The minimum absolute atomic E-state index is 0.0101. The lowest BCUT2D eigenvalue weighted by Crippen LogP contribution is -2.36. The SMILES string of the molecule is C#CCN(CC(=O)O)C(=O)CCc1c(C)nn(C)c1C. The molecule has 20 heavy (non-hydrogen) atoms. The Bertz CT molecular complexity index is 555. The van der Waals surface area contributed by atoms with E-state index in [1.54, 1.807) is 4.68 Å². The van der Waals surface area contributed by atoms with Gasteiger partial charge in [-0.25, -0.2) is 0 Å². The second-order valence-electron chi connectivity index (χ2n) is 4.62. The van der Waals surface area contributed by atoms with Crippen molar-refractivity contribution >= 4 is 11.9 Å². The minimum Gasteiger partial charge on any atom is -0.480 e. The smallest absolute Gasteiger partial charge is 0.323 e. The van der Waals surface area contributed by atoms with Crippen LogP contribution < -0.4 is 0 Å². The molecule has 1 heterocycles. The maximum atomic E-state index is 12.0. The van der Waals surface area contributed by atoms with E-state index in [0.29, 0.717) is 6.42 Å². The van der Waals surface area contributed by atoms with Crippen LogP contribution in [0.25, 0.3) is 0 Å². The fraction of sp³-hybridized carbons (Fsp3) is 0.500. The van der Waals surface area contributed by atoms with Crippen LogP contribution in [-0.2, 0) is 23.1 Å². The number of carbonyl (C=O) groups excluding carboxylic acids is 1. The Hall–Kier alpha value is -2.29. The van der Waals surface area contributed by atoms with Crippen molar-refractivity contribution in [2.24, 2.45) is 7.05 Å². The van der Waals surface area contributed by atoms with Gasteiger partial charge in [-0.2, -0.15) is 5.10 Å². The molecule has 0 saturated heterocycles. The van der Waals surface area contributed by atoms with Crippen LogP contribution in [0.4, 0.5) is 0 Å². The number of carboxylic acids is 1. The molecule has 6 nitrogen and oxygen atoms in total. The fourth-order valence-corrected chi connectivity index (χ4v) is 2.08. The Morgan fingerprint density at radius 2 is 2.10 bits per heavy atom. The predicted octanol–water partition coefficient (Wildman–Crippen LogP) is 0.516. The third-order valence-corrected chi connectivity index (χ3v) is 3.21. The molecule has 0 unspecified atom stereocenters. The monoisotopic (exact) mass is 277 g/mol. The zero-order valence-electron chi connectivity index (χ0n) is 12.0. The van der Waals surface area contributed by atoms with Gasteiger partial charge in [0, 0.05) is 19.2 Å².